The minimum atomic E-state index is -0.321. The van der Waals surface area contributed by atoms with E-state index in [1.54, 1.807) is 0 Å². The molecule has 0 fully saturated rings. The smallest absolute Gasteiger partial charge is 0.333 e. The number of rotatable bonds is 2. The van der Waals surface area contributed by atoms with E-state index in [-0.39, 0.29) is 12.0 Å². The summed E-state index contributed by atoms with van der Waals surface area (Å²) in [4.78, 5) is 13.8. The molecular weight excluding hydrogens is 170 g/mol. The van der Waals surface area contributed by atoms with Gasteiger partial charge in [0, 0.05) is 16.5 Å². The van der Waals surface area contributed by atoms with Crippen molar-refractivity contribution < 1.29 is 9.53 Å². The molecule has 1 unspecified atom stereocenters. The van der Waals surface area contributed by atoms with Gasteiger partial charge in [-0.2, -0.15) is 0 Å². The number of carbonyl (C=O) groups is 1. The van der Waals surface area contributed by atoms with Crippen molar-refractivity contribution in [2.75, 3.05) is 7.11 Å². The topological polar surface area (TPSA) is 75.1 Å². The Kier molecular flexibility index (Phi) is 3.34. The quantitative estimate of drug-likeness (QED) is 0.282. The SMILES string of the molecule is COC(=O)C1=CCCC(N=[N+]=[N-])C1. The van der Waals surface area contributed by atoms with Gasteiger partial charge in [0.2, 0.25) is 0 Å². The Morgan fingerprint density at radius 1 is 1.85 bits per heavy atom. The monoisotopic (exact) mass is 181 g/mol. The van der Waals surface area contributed by atoms with Gasteiger partial charge in [-0.15, -0.1) is 0 Å². The second kappa shape index (κ2) is 4.52. The summed E-state index contributed by atoms with van der Waals surface area (Å²) in [5, 5.41) is 3.58. The molecule has 0 aromatic heterocycles. The van der Waals surface area contributed by atoms with Gasteiger partial charge >= 0.3 is 5.97 Å². The van der Waals surface area contributed by atoms with Crippen LogP contribution < -0.4 is 0 Å². The molecule has 1 aliphatic rings. The molecule has 5 heteroatoms. The number of hydrogen-bond donors (Lipinski definition) is 0. The molecule has 0 saturated carbocycles. The zero-order valence-electron chi connectivity index (χ0n) is 7.43. The second-order valence-electron chi connectivity index (χ2n) is 2.86. The van der Waals surface area contributed by atoms with Gasteiger partial charge in [0.1, 0.15) is 0 Å². The largest absolute Gasteiger partial charge is 0.466 e. The molecule has 0 aromatic rings. The summed E-state index contributed by atoms with van der Waals surface area (Å²) in [6, 6.07) is -0.0934. The normalized spacial score (nSPS) is 21.3. The summed E-state index contributed by atoms with van der Waals surface area (Å²) >= 11 is 0. The van der Waals surface area contributed by atoms with E-state index in [9.17, 15) is 4.79 Å². The van der Waals surface area contributed by atoms with Crippen molar-refractivity contribution in [3.8, 4) is 0 Å². The van der Waals surface area contributed by atoms with Crippen molar-refractivity contribution in [3.05, 3.63) is 22.1 Å². The van der Waals surface area contributed by atoms with Crippen LogP contribution in [-0.4, -0.2) is 19.1 Å². The Balaban J connectivity index is 2.63. The summed E-state index contributed by atoms with van der Waals surface area (Å²) in [5.74, 6) is -0.321. The van der Waals surface area contributed by atoms with Crippen LogP contribution in [0.5, 0.6) is 0 Å². The van der Waals surface area contributed by atoms with Gasteiger partial charge in [0.15, 0.2) is 0 Å². The molecule has 0 heterocycles. The van der Waals surface area contributed by atoms with Gasteiger partial charge in [0.25, 0.3) is 0 Å². The average molecular weight is 181 g/mol. The number of allylic oxidation sites excluding steroid dienone is 1. The van der Waals surface area contributed by atoms with Crippen LogP contribution in [-0.2, 0) is 9.53 Å². The van der Waals surface area contributed by atoms with Crippen molar-refractivity contribution >= 4 is 5.97 Å². The third kappa shape index (κ3) is 2.49. The highest BCUT2D eigenvalue weighted by molar-refractivity contribution is 5.88. The van der Waals surface area contributed by atoms with E-state index in [0.29, 0.717) is 12.0 Å². The van der Waals surface area contributed by atoms with Crippen molar-refractivity contribution in [1.29, 1.82) is 0 Å². The van der Waals surface area contributed by atoms with E-state index < -0.39 is 0 Å². The number of ether oxygens (including phenoxy) is 1. The van der Waals surface area contributed by atoms with Gasteiger partial charge < -0.3 is 4.74 Å². The number of carbonyl (C=O) groups excluding carboxylic acids is 1. The maximum Gasteiger partial charge on any atom is 0.333 e. The van der Waals surface area contributed by atoms with Gasteiger partial charge in [-0.05, 0) is 24.8 Å². The molecular formula is C8H11N3O2. The zero-order chi connectivity index (χ0) is 9.68. The maximum absolute atomic E-state index is 11.1. The fourth-order valence-electron chi connectivity index (χ4n) is 1.36. The molecule has 0 spiro atoms. The van der Waals surface area contributed by atoms with E-state index in [1.807, 2.05) is 6.08 Å². The predicted octanol–water partition coefficient (Wildman–Crippen LogP) is 1.95. The Hall–Kier alpha value is -1.48. The van der Waals surface area contributed by atoms with Crippen LogP contribution >= 0.6 is 0 Å². The van der Waals surface area contributed by atoms with Crippen LogP contribution in [0, 0.1) is 0 Å². The van der Waals surface area contributed by atoms with Gasteiger partial charge in [-0.3, -0.25) is 0 Å². The number of hydrogen-bond acceptors (Lipinski definition) is 3. The molecule has 5 nitrogen and oxygen atoms in total. The van der Waals surface area contributed by atoms with Crippen LogP contribution in [0.3, 0.4) is 0 Å². The fourth-order valence-corrected chi connectivity index (χ4v) is 1.36. The van der Waals surface area contributed by atoms with Crippen LogP contribution in [0.15, 0.2) is 16.8 Å². The Morgan fingerprint density at radius 3 is 3.23 bits per heavy atom. The second-order valence-corrected chi connectivity index (χ2v) is 2.86. The Labute approximate surface area is 76.0 Å². The first-order valence-electron chi connectivity index (χ1n) is 4.09. The molecule has 1 rings (SSSR count). The van der Waals surface area contributed by atoms with Crippen molar-refractivity contribution in [2.45, 2.75) is 25.3 Å². The molecule has 0 radical (unpaired) electrons. The minimum absolute atomic E-state index is 0.0934. The standard InChI is InChI=1S/C8H11N3O2/c1-13-8(12)6-3-2-4-7(5-6)10-11-9/h3,7H,2,4-5H2,1H3. The number of azide groups is 1. The summed E-state index contributed by atoms with van der Waals surface area (Å²) in [6.07, 6.45) is 3.92. The summed E-state index contributed by atoms with van der Waals surface area (Å²) < 4.78 is 4.57. The highest BCUT2D eigenvalue weighted by atomic mass is 16.5. The van der Waals surface area contributed by atoms with Crippen LogP contribution in [0.1, 0.15) is 19.3 Å². The lowest BCUT2D eigenvalue weighted by atomic mass is 9.95. The molecule has 1 atom stereocenters. The Morgan fingerprint density at radius 2 is 2.62 bits per heavy atom. The maximum atomic E-state index is 11.1. The number of esters is 1. The molecule has 1 aliphatic carbocycles. The molecule has 0 bridgehead atoms. The molecule has 70 valence electrons. The van der Waals surface area contributed by atoms with E-state index in [2.05, 4.69) is 14.8 Å². The van der Waals surface area contributed by atoms with Crippen molar-refractivity contribution in [2.24, 2.45) is 5.11 Å². The summed E-state index contributed by atoms with van der Waals surface area (Å²) in [5.41, 5.74) is 8.84. The highest BCUT2D eigenvalue weighted by Crippen LogP contribution is 2.21. The van der Waals surface area contributed by atoms with Crippen molar-refractivity contribution in [1.82, 2.24) is 0 Å². The van der Waals surface area contributed by atoms with Gasteiger partial charge in [0.05, 0.1) is 7.11 Å². The van der Waals surface area contributed by atoms with Crippen LogP contribution in [0.4, 0.5) is 0 Å². The molecule has 0 saturated heterocycles. The lowest BCUT2D eigenvalue weighted by molar-refractivity contribution is -0.136. The predicted molar refractivity (Wildman–Crippen MR) is 46.9 cm³/mol. The zero-order valence-corrected chi connectivity index (χ0v) is 7.43. The first-order valence-corrected chi connectivity index (χ1v) is 4.09. The first kappa shape index (κ1) is 9.61. The molecule has 0 N–H and O–H groups in total. The summed E-state index contributed by atoms with van der Waals surface area (Å²) in [7, 11) is 1.35. The number of nitrogens with zero attached hydrogens (tertiary/aromatic N) is 3. The molecule has 13 heavy (non-hydrogen) atoms. The van der Waals surface area contributed by atoms with Crippen molar-refractivity contribution in [3.63, 3.8) is 0 Å². The van der Waals surface area contributed by atoms with Gasteiger partial charge in [-0.1, -0.05) is 11.2 Å². The van der Waals surface area contributed by atoms with E-state index in [4.69, 9.17) is 5.53 Å². The third-order valence-electron chi connectivity index (χ3n) is 2.01. The lowest BCUT2D eigenvalue weighted by Crippen LogP contribution is -2.15. The summed E-state index contributed by atoms with van der Waals surface area (Å²) in [6.45, 7) is 0. The Bertz CT molecular complexity index is 279. The van der Waals surface area contributed by atoms with E-state index in [1.165, 1.54) is 7.11 Å². The minimum Gasteiger partial charge on any atom is -0.466 e. The first-order chi connectivity index (χ1) is 6.27. The fraction of sp³-hybridized carbons (Fsp3) is 0.625. The van der Waals surface area contributed by atoms with E-state index >= 15 is 0 Å². The van der Waals surface area contributed by atoms with Crippen LogP contribution in [0.25, 0.3) is 10.4 Å². The molecule has 0 aromatic carbocycles. The van der Waals surface area contributed by atoms with E-state index in [0.717, 1.165) is 12.8 Å². The van der Waals surface area contributed by atoms with Crippen LogP contribution in [0.2, 0.25) is 0 Å². The third-order valence-corrected chi connectivity index (χ3v) is 2.01. The highest BCUT2D eigenvalue weighted by Gasteiger charge is 2.19. The number of methoxy groups -OCH3 is 1. The van der Waals surface area contributed by atoms with Gasteiger partial charge in [-0.25, -0.2) is 4.79 Å². The lowest BCUT2D eigenvalue weighted by Gasteiger charge is -2.16. The molecule has 0 amide bonds. The molecule has 0 aliphatic heterocycles. The average Bonchev–Trinajstić information content (AvgIpc) is 2.18.